The molecule has 0 aliphatic heterocycles. The molecule has 0 spiro atoms. The van der Waals surface area contributed by atoms with Crippen LogP contribution in [0.3, 0.4) is 0 Å². The van der Waals surface area contributed by atoms with Crippen molar-refractivity contribution < 1.29 is 23.4 Å². The van der Waals surface area contributed by atoms with Crippen LogP contribution in [0.25, 0.3) is 10.9 Å². The van der Waals surface area contributed by atoms with Crippen LogP contribution in [0.5, 0.6) is 11.5 Å². The predicted molar refractivity (Wildman–Crippen MR) is 136 cm³/mol. The van der Waals surface area contributed by atoms with E-state index in [-0.39, 0.29) is 11.6 Å². The second-order valence-electron chi connectivity index (χ2n) is 8.37. The van der Waals surface area contributed by atoms with E-state index in [1.165, 1.54) is 17.2 Å². The highest BCUT2D eigenvalue weighted by Crippen LogP contribution is 2.27. The van der Waals surface area contributed by atoms with Crippen LogP contribution in [0.4, 0.5) is 0 Å². The van der Waals surface area contributed by atoms with Crippen molar-refractivity contribution in [2.24, 2.45) is 0 Å². The maximum Gasteiger partial charge on any atom is 0.273 e. The van der Waals surface area contributed by atoms with Gasteiger partial charge in [-0.25, -0.2) is 4.98 Å². The Morgan fingerprint density at radius 1 is 1.08 bits per heavy atom. The number of amides is 1. The number of nitrogens with one attached hydrogen (secondary N) is 2. The number of fused-ring (bicyclic) bond motifs is 1. The van der Waals surface area contributed by atoms with E-state index in [0.717, 1.165) is 35.5 Å². The molecule has 1 amide bonds. The van der Waals surface area contributed by atoms with Gasteiger partial charge in [0.05, 0.1) is 27.4 Å². The van der Waals surface area contributed by atoms with E-state index >= 15 is 0 Å². The van der Waals surface area contributed by atoms with Crippen molar-refractivity contribution in [1.82, 2.24) is 20.2 Å². The van der Waals surface area contributed by atoms with E-state index in [1.807, 2.05) is 30.3 Å². The Hall–Kier alpha value is -3.82. The zero-order chi connectivity index (χ0) is 25.3. The molecule has 4 rings (SSSR count). The lowest BCUT2D eigenvalue weighted by Crippen LogP contribution is -2.28. The molecule has 36 heavy (non-hydrogen) atoms. The summed E-state index contributed by atoms with van der Waals surface area (Å²) in [6.07, 6.45) is 4.28. The van der Waals surface area contributed by atoms with Gasteiger partial charge in [-0.1, -0.05) is 24.3 Å². The van der Waals surface area contributed by atoms with Crippen LogP contribution in [-0.4, -0.2) is 61.8 Å². The van der Waals surface area contributed by atoms with Crippen LogP contribution in [0.2, 0.25) is 0 Å². The molecule has 0 aliphatic rings. The first-order chi connectivity index (χ1) is 17.6. The Balaban J connectivity index is 1.51. The lowest BCUT2D eigenvalue weighted by molar-refractivity contribution is 0.0932. The number of oxazole rings is 1. The number of ether oxygens (including phenoxy) is 3. The molecular formula is C27H32N4O5. The highest BCUT2D eigenvalue weighted by Gasteiger charge is 2.17. The molecule has 9 nitrogen and oxygen atoms in total. The summed E-state index contributed by atoms with van der Waals surface area (Å²) in [5, 5.41) is 3.97. The molecular weight excluding hydrogens is 460 g/mol. The summed E-state index contributed by atoms with van der Waals surface area (Å²) in [6, 6.07) is 14.1. The Bertz CT molecular complexity index is 1280. The molecule has 0 saturated carbocycles. The molecule has 190 valence electrons. The quantitative estimate of drug-likeness (QED) is 0.274. The van der Waals surface area contributed by atoms with Crippen LogP contribution in [0.1, 0.15) is 27.5 Å². The summed E-state index contributed by atoms with van der Waals surface area (Å²) in [5.74, 6) is 1.66. The number of hydrogen-bond acceptors (Lipinski definition) is 7. The second-order valence-corrected chi connectivity index (χ2v) is 8.37. The third kappa shape index (κ3) is 6.24. The van der Waals surface area contributed by atoms with E-state index < -0.39 is 0 Å². The van der Waals surface area contributed by atoms with Gasteiger partial charge in [0.1, 0.15) is 17.8 Å². The first-order valence-electron chi connectivity index (χ1n) is 11.8. The number of methoxy groups -OCH3 is 3. The van der Waals surface area contributed by atoms with Gasteiger partial charge in [-0.3, -0.25) is 9.69 Å². The summed E-state index contributed by atoms with van der Waals surface area (Å²) in [6.45, 7) is 2.62. The molecule has 0 radical (unpaired) electrons. The van der Waals surface area contributed by atoms with Gasteiger partial charge in [-0.2, -0.15) is 0 Å². The summed E-state index contributed by atoms with van der Waals surface area (Å²) in [5.41, 5.74) is 3.62. The van der Waals surface area contributed by atoms with Gasteiger partial charge >= 0.3 is 0 Å². The molecule has 0 aliphatic carbocycles. The standard InChI is InChI=1S/C27H32N4O5/c1-33-13-11-28-27(32)24-18-36-26(30-24)17-31(16-20-8-9-21(34-2)14-25(20)35-3)12-10-19-15-29-23-7-5-4-6-22(19)23/h4-9,14-15,18,29H,10-13,16-17H2,1-3H3,(H,28,32). The van der Waals surface area contributed by atoms with Gasteiger partial charge in [0, 0.05) is 55.5 Å². The Kier molecular flexibility index (Phi) is 8.59. The second kappa shape index (κ2) is 12.2. The number of benzene rings is 2. The molecule has 0 unspecified atom stereocenters. The average molecular weight is 493 g/mol. The van der Waals surface area contributed by atoms with Crippen molar-refractivity contribution in [1.29, 1.82) is 0 Å². The third-order valence-electron chi connectivity index (χ3n) is 6.00. The van der Waals surface area contributed by atoms with Gasteiger partial charge in [0.25, 0.3) is 5.91 Å². The zero-order valence-corrected chi connectivity index (χ0v) is 20.9. The number of hydrogen-bond donors (Lipinski definition) is 2. The lowest BCUT2D eigenvalue weighted by Gasteiger charge is -2.22. The number of carbonyl (C=O) groups excluding carboxylic acids is 1. The third-order valence-corrected chi connectivity index (χ3v) is 6.00. The largest absolute Gasteiger partial charge is 0.497 e. The highest BCUT2D eigenvalue weighted by molar-refractivity contribution is 5.91. The first kappa shape index (κ1) is 25.3. The summed E-state index contributed by atoms with van der Waals surface area (Å²) in [7, 11) is 4.87. The molecule has 0 bridgehead atoms. The number of H-pyrrole nitrogens is 1. The number of carbonyl (C=O) groups is 1. The molecule has 0 atom stereocenters. The van der Waals surface area contributed by atoms with Crippen molar-refractivity contribution in [3.63, 3.8) is 0 Å². The van der Waals surface area contributed by atoms with Gasteiger partial charge in [0.15, 0.2) is 5.69 Å². The van der Waals surface area contributed by atoms with Crippen molar-refractivity contribution in [2.45, 2.75) is 19.5 Å². The number of aromatic nitrogens is 2. The van der Waals surface area contributed by atoms with E-state index in [9.17, 15) is 4.79 Å². The smallest absolute Gasteiger partial charge is 0.273 e. The van der Waals surface area contributed by atoms with Crippen molar-refractivity contribution in [2.75, 3.05) is 41.0 Å². The number of aromatic amines is 1. The monoisotopic (exact) mass is 492 g/mol. The SMILES string of the molecule is COCCNC(=O)c1coc(CN(CCc2c[nH]c3ccccc23)Cc2ccc(OC)cc2OC)n1. The van der Waals surface area contributed by atoms with Gasteiger partial charge in [0.2, 0.25) is 5.89 Å². The highest BCUT2D eigenvalue weighted by atomic mass is 16.5. The molecule has 2 aromatic carbocycles. The molecule has 0 fully saturated rings. The average Bonchev–Trinajstić information content (AvgIpc) is 3.55. The summed E-state index contributed by atoms with van der Waals surface area (Å²) in [4.78, 5) is 22.3. The van der Waals surface area contributed by atoms with Crippen LogP contribution in [0, 0.1) is 0 Å². The van der Waals surface area contributed by atoms with Gasteiger partial charge in [-0.05, 0) is 24.1 Å². The molecule has 2 aromatic heterocycles. The Morgan fingerprint density at radius 3 is 2.75 bits per heavy atom. The molecule has 2 N–H and O–H groups in total. The molecule has 9 heteroatoms. The van der Waals surface area contributed by atoms with Crippen LogP contribution in [-0.2, 0) is 24.2 Å². The molecule has 4 aromatic rings. The van der Waals surface area contributed by atoms with E-state index in [0.29, 0.717) is 32.1 Å². The van der Waals surface area contributed by atoms with E-state index in [1.54, 1.807) is 21.3 Å². The molecule has 2 heterocycles. The van der Waals surface area contributed by atoms with Crippen LogP contribution in [0.15, 0.2) is 59.3 Å². The van der Waals surface area contributed by atoms with E-state index in [4.69, 9.17) is 18.6 Å². The first-order valence-corrected chi connectivity index (χ1v) is 11.8. The maximum absolute atomic E-state index is 12.3. The number of rotatable bonds is 13. The fourth-order valence-corrected chi connectivity index (χ4v) is 4.09. The fourth-order valence-electron chi connectivity index (χ4n) is 4.09. The van der Waals surface area contributed by atoms with Crippen molar-refractivity contribution in [3.8, 4) is 11.5 Å². The normalized spacial score (nSPS) is 11.2. The fraction of sp³-hybridized carbons (Fsp3) is 0.333. The summed E-state index contributed by atoms with van der Waals surface area (Å²) < 4.78 is 21.6. The van der Waals surface area contributed by atoms with Crippen molar-refractivity contribution in [3.05, 3.63) is 77.6 Å². The predicted octanol–water partition coefficient (Wildman–Crippen LogP) is 3.79. The minimum absolute atomic E-state index is 0.250. The van der Waals surface area contributed by atoms with Crippen LogP contribution < -0.4 is 14.8 Å². The van der Waals surface area contributed by atoms with Gasteiger partial charge < -0.3 is 28.9 Å². The lowest BCUT2D eigenvalue weighted by atomic mass is 10.1. The van der Waals surface area contributed by atoms with Gasteiger partial charge in [-0.15, -0.1) is 0 Å². The molecule has 0 saturated heterocycles. The minimum atomic E-state index is -0.288. The van der Waals surface area contributed by atoms with Crippen molar-refractivity contribution >= 4 is 16.8 Å². The van der Waals surface area contributed by atoms with E-state index in [2.05, 4.69) is 38.5 Å². The minimum Gasteiger partial charge on any atom is -0.497 e. The maximum atomic E-state index is 12.3. The van der Waals surface area contributed by atoms with Crippen LogP contribution >= 0.6 is 0 Å². The summed E-state index contributed by atoms with van der Waals surface area (Å²) >= 11 is 0. The zero-order valence-electron chi connectivity index (χ0n) is 20.9. The number of para-hydroxylation sites is 1. The topological polar surface area (TPSA) is 102 Å². The Labute approximate surface area is 210 Å². The number of nitrogens with zero attached hydrogens (tertiary/aromatic N) is 2. The Morgan fingerprint density at radius 2 is 1.94 bits per heavy atom.